The Morgan fingerprint density at radius 2 is 1.59 bits per heavy atom. The van der Waals surface area contributed by atoms with Gasteiger partial charge in [0.25, 0.3) is 0 Å². The molecular weight excluding hydrogens is 467 g/mol. The lowest BCUT2D eigenvalue weighted by Crippen LogP contribution is -1.98. The zero-order chi connectivity index (χ0) is 22.8. The number of benzene rings is 3. The van der Waals surface area contributed by atoms with Crippen LogP contribution in [-0.4, -0.2) is 15.6 Å². The number of nitrogens with zero attached hydrogens (tertiary/aromatic N) is 2. The van der Waals surface area contributed by atoms with E-state index in [2.05, 4.69) is 6.07 Å². The van der Waals surface area contributed by atoms with Gasteiger partial charge in [-0.25, -0.2) is 4.79 Å². The van der Waals surface area contributed by atoms with E-state index in [1.807, 2.05) is 35.0 Å². The number of nitriles is 1. The van der Waals surface area contributed by atoms with E-state index < -0.39 is 5.97 Å². The van der Waals surface area contributed by atoms with E-state index >= 15 is 0 Å². The molecule has 1 N–H and O–H groups in total. The molecule has 0 bridgehead atoms. The smallest absolute Gasteiger partial charge is 0.335 e. The molecule has 0 spiro atoms. The normalized spacial score (nSPS) is 11.5. The molecule has 32 heavy (non-hydrogen) atoms. The Morgan fingerprint density at radius 1 is 0.938 bits per heavy atom. The van der Waals surface area contributed by atoms with Crippen LogP contribution < -0.4 is 0 Å². The molecule has 0 saturated carbocycles. The molecule has 0 amide bonds. The maximum absolute atomic E-state index is 11.1. The summed E-state index contributed by atoms with van der Waals surface area (Å²) < 4.78 is 2.03. The fourth-order valence-electron chi connectivity index (χ4n) is 3.57. The number of fused-ring (bicyclic) bond motifs is 1. The third kappa shape index (κ3) is 4.66. The minimum Gasteiger partial charge on any atom is -0.478 e. The monoisotopic (exact) mass is 480 g/mol. The van der Waals surface area contributed by atoms with Gasteiger partial charge in [-0.15, -0.1) is 0 Å². The van der Waals surface area contributed by atoms with Crippen LogP contribution in [0, 0.1) is 11.3 Å². The molecule has 1 heterocycles. The van der Waals surface area contributed by atoms with Crippen LogP contribution in [0.5, 0.6) is 0 Å². The largest absolute Gasteiger partial charge is 0.478 e. The first kappa shape index (κ1) is 22.0. The zero-order valence-corrected chi connectivity index (χ0v) is 18.8. The van der Waals surface area contributed by atoms with Crippen molar-refractivity contribution in [3.63, 3.8) is 0 Å². The third-order valence-corrected chi connectivity index (χ3v) is 5.69. The van der Waals surface area contributed by atoms with Gasteiger partial charge >= 0.3 is 5.97 Å². The molecular formula is C25H15Cl3N2O2. The Kier molecular flexibility index (Phi) is 6.25. The first-order chi connectivity index (χ1) is 15.3. The minimum absolute atomic E-state index is 0.164. The summed E-state index contributed by atoms with van der Waals surface area (Å²) in [5, 5.41) is 21.5. The summed E-state index contributed by atoms with van der Waals surface area (Å²) in [5.74, 6) is -1.01. The van der Waals surface area contributed by atoms with E-state index in [4.69, 9.17) is 39.9 Å². The van der Waals surface area contributed by atoms with Crippen molar-refractivity contribution in [3.05, 3.63) is 104 Å². The molecule has 0 aliphatic heterocycles. The molecule has 0 aliphatic rings. The minimum atomic E-state index is -1.01. The van der Waals surface area contributed by atoms with Crippen LogP contribution in [0.2, 0.25) is 15.1 Å². The van der Waals surface area contributed by atoms with Gasteiger partial charge < -0.3 is 9.67 Å². The Morgan fingerprint density at radius 3 is 2.22 bits per heavy atom. The summed E-state index contributed by atoms with van der Waals surface area (Å²) >= 11 is 18.6. The van der Waals surface area contributed by atoms with E-state index in [1.165, 1.54) is 12.1 Å². The van der Waals surface area contributed by atoms with Gasteiger partial charge in [0.05, 0.1) is 22.7 Å². The highest BCUT2D eigenvalue weighted by Crippen LogP contribution is 2.30. The average molecular weight is 482 g/mol. The van der Waals surface area contributed by atoms with Gasteiger partial charge in [-0.1, -0.05) is 53.0 Å². The average Bonchev–Trinajstić information content (AvgIpc) is 3.07. The Labute approximate surface area is 199 Å². The van der Waals surface area contributed by atoms with E-state index in [0.717, 1.165) is 22.0 Å². The van der Waals surface area contributed by atoms with E-state index in [-0.39, 0.29) is 5.56 Å². The van der Waals surface area contributed by atoms with Gasteiger partial charge in [0, 0.05) is 38.8 Å². The van der Waals surface area contributed by atoms with Crippen molar-refractivity contribution >= 4 is 63.3 Å². The lowest BCUT2D eigenvalue weighted by molar-refractivity contribution is 0.0697. The van der Waals surface area contributed by atoms with Crippen molar-refractivity contribution in [2.75, 3.05) is 0 Å². The van der Waals surface area contributed by atoms with Crippen molar-refractivity contribution in [2.24, 2.45) is 0 Å². The molecule has 7 heteroatoms. The third-order valence-electron chi connectivity index (χ3n) is 5.01. The van der Waals surface area contributed by atoms with Crippen molar-refractivity contribution in [3.8, 4) is 6.07 Å². The molecule has 0 aliphatic carbocycles. The fraction of sp³-hybridized carbons (Fsp3) is 0.0400. The maximum atomic E-state index is 11.1. The van der Waals surface area contributed by atoms with Crippen LogP contribution >= 0.6 is 34.8 Å². The van der Waals surface area contributed by atoms with Crippen LogP contribution in [0.1, 0.15) is 27.0 Å². The predicted molar refractivity (Wildman–Crippen MR) is 129 cm³/mol. The first-order valence-electron chi connectivity index (χ1n) is 9.53. The summed E-state index contributed by atoms with van der Waals surface area (Å²) in [6.45, 7) is 0.514. The summed E-state index contributed by atoms with van der Waals surface area (Å²) in [7, 11) is 0. The Balaban J connectivity index is 1.80. The molecule has 158 valence electrons. The maximum Gasteiger partial charge on any atom is 0.335 e. The molecule has 0 unspecified atom stereocenters. The summed E-state index contributed by atoms with van der Waals surface area (Å²) in [6, 6.07) is 19.4. The number of allylic oxidation sites excluding steroid dienone is 1. The highest BCUT2D eigenvalue weighted by Gasteiger charge is 2.12. The van der Waals surface area contributed by atoms with E-state index in [0.29, 0.717) is 32.7 Å². The lowest BCUT2D eigenvalue weighted by Gasteiger charge is -2.07. The van der Waals surface area contributed by atoms with Gasteiger partial charge in [-0.05, 0) is 59.7 Å². The number of rotatable bonds is 5. The quantitative estimate of drug-likeness (QED) is 0.302. The lowest BCUT2D eigenvalue weighted by atomic mass is 10.0. The number of aromatic carboxylic acids is 1. The summed E-state index contributed by atoms with van der Waals surface area (Å²) in [6.07, 6.45) is 3.73. The van der Waals surface area contributed by atoms with Crippen molar-refractivity contribution in [1.82, 2.24) is 4.57 Å². The molecule has 0 atom stereocenters. The molecule has 4 nitrogen and oxygen atoms in total. The highest BCUT2D eigenvalue weighted by atomic mass is 35.5. The fourth-order valence-corrected chi connectivity index (χ4v) is 4.30. The molecule has 0 radical (unpaired) electrons. The number of carboxylic acid groups (broad SMARTS) is 1. The topological polar surface area (TPSA) is 66.0 Å². The Hall–Kier alpha value is -3.23. The van der Waals surface area contributed by atoms with E-state index in [1.54, 1.807) is 30.3 Å². The summed E-state index contributed by atoms with van der Waals surface area (Å²) in [5.41, 5.74) is 3.88. The number of carboxylic acids is 1. The second kappa shape index (κ2) is 9.10. The van der Waals surface area contributed by atoms with Gasteiger partial charge in [0.15, 0.2) is 0 Å². The number of hydrogen-bond donors (Lipinski definition) is 1. The number of halogens is 3. The van der Waals surface area contributed by atoms with Gasteiger partial charge in [0.2, 0.25) is 0 Å². The van der Waals surface area contributed by atoms with Crippen LogP contribution in [0.4, 0.5) is 0 Å². The standard InChI is InChI=1S/C25H15Cl3N2O2/c26-20-5-6-23-19(9-18(12-29)16-1-3-17(4-2-16)25(31)32)14-30(24(23)11-20)13-15-7-21(27)10-22(28)8-15/h1-11,14H,13H2,(H,31,32). The molecule has 3 aromatic carbocycles. The molecule has 0 saturated heterocycles. The van der Waals surface area contributed by atoms with Crippen LogP contribution in [0.15, 0.2) is 66.9 Å². The second-order valence-corrected chi connectivity index (χ2v) is 8.51. The van der Waals surface area contributed by atoms with Crippen molar-refractivity contribution in [2.45, 2.75) is 6.54 Å². The second-order valence-electron chi connectivity index (χ2n) is 7.20. The van der Waals surface area contributed by atoms with E-state index in [9.17, 15) is 10.1 Å². The van der Waals surface area contributed by atoms with Crippen LogP contribution in [0.3, 0.4) is 0 Å². The van der Waals surface area contributed by atoms with Crippen molar-refractivity contribution in [1.29, 1.82) is 5.26 Å². The molecule has 0 fully saturated rings. The number of aromatic nitrogens is 1. The first-order valence-corrected chi connectivity index (χ1v) is 10.7. The summed E-state index contributed by atoms with van der Waals surface area (Å²) in [4.78, 5) is 11.1. The van der Waals surface area contributed by atoms with Crippen LogP contribution in [0.25, 0.3) is 22.6 Å². The number of hydrogen-bond acceptors (Lipinski definition) is 2. The zero-order valence-electron chi connectivity index (χ0n) is 16.5. The SMILES string of the molecule is N#CC(=Cc1cn(Cc2cc(Cl)cc(Cl)c2)c2cc(Cl)ccc12)c1ccc(C(=O)O)cc1. The predicted octanol–water partition coefficient (Wildman–Crippen LogP) is 7.41. The van der Waals surface area contributed by atoms with Crippen molar-refractivity contribution < 1.29 is 9.90 Å². The van der Waals surface area contributed by atoms with Gasteiger partial charge in [0.1, 0.15) is 0 Å². The molecule has 1 aromatic heterocycles. The van der Waals surface area contributed by atoms with Crippen LogP contribution in [-0.2, 0) is 6.54 Å². The van der Waals surface area contributed by atoms with Gasteiger partial charge in [-0.3, -0.25) is 0 Å². The Bertz CT molecular complexity index is 1390. The molecule has 4 aromatic rings. The van der Waals surface area contributed by atoms with Gasteiger partial charge in [-0.2, -0.15) is 5.26 Å². The molecule has 4 rings (SSSR count). The number of carbonyl (C=O) groups is 1. The highest BCUT2D eigenvalue weighted by molar-refractivity contribution is 6.34.